The molecule has 0 aliphatic carbocycles. The highest BCUT2D eigenvalue weighted by Crippen LogP contribution is 2.16. The van der Waals surface area contributed by atoms with E-state index in [0.29, 0.717) is 26.4 Å². The van der Waals surface area contributed by atoms with Crippen LogP contribution in [0.4, 0.5) is 0 Å². The number of rotatable bonds is 0. The third-order valence-corrected chi connectivity index (χ3v) is 9.71. The number of cyclic esters (lactones) is 4. The molecule has 1 heterocycles. The molecule has 0 aromatic carbocycles. The SMILES string of the molecule is O=C1CC(=O)OCCCCCCCCCCCCCCCCCCOC(=O)CC(=O)OCCCCCCCCCCCCCCCCCCO1. The number of hydrogen-bond donors (Lipinski definition) is 0. The molecule has 0 amide bonds. The van der Waals surface area contributed by atoms with Crippen molar-refractivity contribution in [1.82, 2.24) is 0 Å². The molecule has 0 radical (unpaired) electrons. The van der Waals surface area contributed by atoms with E-state index in [-0.39, 0.29) is 12.8 Å². The first-order valence-electron chi connectivity index (χ1n) is 21.2. The molecule has 1 fully saturated rings. The van der Waals surface area contributed by atoms with Crippen molar-refractivity contribution in [2.75, 3.05) is 26.4 Å². The predicted molar refractivity (Wildman–Crippen MR) is 201 cm³/mol. The summed E-state index contributed by atoms with van der Waals surface area (Å²) in [4.78, 5) is 47.7. The first kappa shape index (κ1) is 45.9. The van der Waals surface area contributed by atoms with E-state index in [0.717, 1.165) is 77.0 Å². The van der Waals surface area contributed by atoms with Gasteiger partial charge in [-0.1, -0.05) is 180 Å². The van der Waals surface area contributed by atoms with Crippen LogP contribution in [-0.4, -0.2) is 50.3 Å². The fraction of sp³-hybridized carbons (Fsp3) is 0.905. The highest BCUT2D eigenvalue weighted by Gasteiger charge is 2.13. The average Bonchev–Trinajstić information content (AvgIpc) is 3.09. The lowest BCUT2D eigenvalue weighted by Gasteiger charge is -2.07. The maximum Gasteiger partial charge on any atom is 0.317 e. The summed E-state index contributed by atoms with van der Waals surface area (Å²) in [5.41, 5.74) is 0. The molecule has 1 aliphatic rings. The lowest BCUT2D eigenvalue weighted by atomic mass is 10.0. The molecule has 1 rings (SSSR count). The predicted octanol–water partition coefficient (Wildman–Crippen LogP) is 11.4. The maximum absolute atomic E-state index is 11.9. The standard InChI is InChI=1S/C42H76O8/c43-39-37-41(45)49-35-31-27-23-19-15-11-7-3-4-8-12-16-20-24-28-32-36-50-42(46)38-40(44)48-34-30-26-22-18-14-10-6-2-1-5-9-13-17-21-25-29-33-47-39/h1-38H2. The zero-order valence-electron chi connectivity index (χ0n) is 32.1. The van der Waals surface area contributed by atoms with Gasteiger partial charge in [0.1, 0.15) is 12.8 Å². The Morgan fingerprint density at radius 1 is 0.200 bits per heavy atom. The minimum atomic E-state index is -0.470. The van der Waals surface area contributed by atoms with Gasteiger partial charge in [0.25, 0.3) is 0 Å². The fourth-order valence-corrected chi connectivity index (χ4v) is 6.54. The third-order valence-electron chi connectivity index (χ3n) is 9.71. The summed E-state index contributed by atoms with van der Waals surface area (Å²) < 4.78 is 20.9. The average molecular weight is 709 g/mol. The van der Waals surface area contributed by atoms with Crippen molar-refractivity contribution >= 4 is 23.9 Å². The maximum atomic E-state index is 11.9. The van der Waals surface area contributed by atoms with Crippen LogP contribution in [0.15, 0.2) is 0 Å². The van der Waals surface area contributed by atoms with E-state index in [1.807, 2.05) is 0 Å². The highest BCUT2D eigenvalue weighted by molar-refractivity contribution is 5.91. The van der Waals surface area contributed by atoms with Gasteiger partial charge in [-0.3, -0.25) is 19.2 Å². The number of hydrogen-bond acceptors (Lipinski definition) is 8. The van der Waals surface area contributed by atoms with E-state index in [2.05, 4.69) is 0 Å². The van der Waals surface area contributed by atoms with Gasteiger partial charge in [-0.25, -0.2) is 0 Å². The Morgan fingerprint density at radius 2 is 0.320 bits per heavy atom. The monoisotopic (exact) mass is 709 g/mol. The number of carbonyl (C=O) groups is 4. The molecule has 0 saturated carbocycles. The first-order valence-corrected chi connectivity index (χ1v) is 21.2. The smallest absolute Gasteiger partial charge is 0.317 e. The van der Waals surface area contributed by atoms with Crippen molar-refractivity contribution in [2.45, 2.75) is 218 Å². The molecule has 0 unspecified atom stereocenters. The summed E-state index contributed by atoms with van der Waals surface area (Å²) in [6, 6.07) is 0. The summed E-state index contributed by atoms with van der Waals surface area (Å²) in [6.45, 7) is 1.56. The van der Waals surface area contributed by atoms with Crippen molar-refractivity contribution < 1.29 is 38.1 Å². The van der Waals surface area contributed by atoms with Gasteiger partial charge in [-0.15, -0.1) is 0 Å². The second kappa shape index (κ2) is 36.7. The van der Waals surface area contributed by atoms with Crippen molar-refractivity contribution in [3.8, 4) is 0 Å². The zero-order valence-corrected chi connectivity index (χ0v) is 32.1. The van der Waals surface area contributed by atoms with E-state index in [4.69, 9.17) is 18.9 Å². The summed E-state index contributed by atoms with van der Waals surface area (Å²) in [5, 5.41) is 0. The molecular weight excluding hydrogens is 632 g/mol. The van der Waals surface area contributed by atoms with Crippen LogP contribution in [0.25, 0.3) is 0 Å². The lowest BCUT2D eigenvalue weighted by Crippen LogP contribution is -2.15. The van der Waals surface area contributed by atoms with Crippen LogP contribution in [-0.2, 0) is 38.1 Å². The van der Waals surface area contributed by atoms with Gasteiger partial charge < -0.3 is 18.9 Å². The van der Waals surface area contributed by atoms with Crippen molar-refractivity contribution in [3.63, 3.8) is 0 Å². The fourth-order valence-electron chi connectivity index (χ4n) is 6.54. The normalized spacial score (nSPS) is 22.6. The Hall–Kier alpha value is -2.12. The molecule has 0 aromatic heterocycles. The molecule has 0 aromatic rings. The Labute approximate surface area is 306 Å². The topological polar surface area (TPSA) is 105 Å². The third kappa shape index (κ3) is 34.3. The quantitative estimate of drug-likeness (QED) is 0.139. The molecule has 292 valence electrons. The Kier molecular flexibility index (Phi) is 33.7. The van der Waals surface area contributed by atoms with Gasteiger partial charge in [-0.2, -0.15) is 0 Å². The zero-order chi connectivity index (χ0) is 36.0. The van der Waals surface area contributed by atoms with E-state index in [1.165, 1.54) is 128 Å². The van der Waals surface area contributed by atoms with Crippen molar-refractivity contribution in [1.29, 1.82) is 0 Å². The molecular formula is C42H76O8. The lowest BCUT2D eigenvalue weighted by molar-refractivity contribution is -0.156. The van der Waals surface area contributed by atoms with Crippen LogP contribution in [0, 0.1) is 0 Å². The van der Waals surface area contributed by atoms with Gasteiger partial charge in [0.2, 0.25) is 0 Å². The van der Waals surface area contributed by atoms with E-state index < -0.39 is 23.9 Å². The van der Waals surface area contributed by atoms with Gasteiger partial charge >= 0.3 is 23.9 Å². The molecule has 50 heavy (non-hydrogen) atoms. The molecule has 0 bridgehead atoms. The summed E-state index contributed by atoms with van der Waals surface area (Å²) in [5.74, 6) is -1.88. The second-order valence-electron chi connectivity index (χ2n) is 14.5. The molecule has 0 N–H and O–H groups in total. The molecule has 8 nitrogen and oxygen atoms in total. The minimum absolute atomic E-state index is 0.278. The van der Waals surface area contributed by atoms with Gasteiger partial charge in [0.15, 0.2) is 0 Å². The van der Waals surface area contributed by atoms with Crippen LogP contribution in [0.5, 0.6) is 0 Å². The Balaban J connectivity index is 2.16. The largest absolute Gasteiger partial charge is 0.465 e. The van der Waals surface area contributed by atoms with Crippen LogP contribution in [0.3, 0.4) is 0 Å². The molecule has 1 aliphatic heterocycles. The molecule has 8 heteroatoms. The van der Waals surface area contributed by atoms with Gasteiger partial charge in [0.05, 0.1) is 26.4 Å². The van der Waals surface area contributed by atoms with Gasteiger partial charge in [0, 0.05) is 0 Å². The molecule has 0 atom stereocenters. The summed E-state index contributed by atoms with van der Waals surface area (Å²) in [7, 11) is 0. The van der Waals surface area contributed by atoms with Gasteiger partial charge in [-0.05, 0) is 25.7 Å². The molecule has 0 spiro atoms. The number of carbonyl (C=O) groups excluding carboxylic acids is 4. The van der Waals surface area contributed by atoms with Crippen LogP contribution < -0.4 is 0 Å². The molecule has 1 saturated heterocycles. The first-order chi connectivity index (χ1) is 24.6. The van der Waals surface area contributed by atoms with Crippen LogP contribution in [0.2, 0.25) is 0 Å². The summed E-state index contributed by atoms with van der Waals surface area (Å²) in [6.07, 6.45) is 37.4. The van der Waals surface area contributed by atoms with E-state index in [1.54, 1.807) is 0 Å². The highest BCUT2D eigenvalue weighted by atomic mass is 16.6. The Bertz CT molecular complexity index is 684. The van der Waals surface area contributed by atoms with Crippen molar-refractivity contribution in [3.05, 3.63) is 0 Å². The van der Waals surface area contributed by atoms with Crippen LogP contribution >= 0.6 is 0 Å². The number of ether oxygens (including phenoxy) is 4. The van der Waals surface area contributed by atoms with Crippen molar-refractivity contribution in [2.24, 2.45) is 0 Å². The minimum Gasteiger partial charge on any atom is -0.465 e. The summed E-state index contributed by atoms with van der Waals surface area (Å²) >= 11 is 0. The van der Waals surface area contributed by atoms with E-state index in [9.17, 15) is 19.2 Å². The number of esters is 4. The second-order valence-corrected chi connectivity index (χ2v) is 14.5. The van der Waals surface area contributed by atoms with Crippen LogP contribution in [0.1, 0.15) is 218 Å². The Morgan fingerprint density at radius 3 is 0.460 bits per heavy atom. The van der Waals surface area contributed by atoms with E-state index >= 15 is 0 Å².